The number of hydrogen-bond acceptors (Lipinski definition) is 4. The molecular weight excluding hydrogens is 304 g/mol. The number of benzene rings is 1. The summed E-state index contributed by atoms with van der Waals surface area (Å²) in [6.45, 7) is 1.65. The minimum Gasteiger partial charge on any atom is -0.353 e. The second-order valence-electron chi connectivity index (χ2n) is 7.05. The summed E-state index contributed by atoms with van der Waals surface area (Å²) in [5.74, 6) is 0. The van der Waals surface area contributed by atoms with Gasteiger partial charge < -0.3 is 18.9 Å². The molecule has 3 aliphatic rings. The van der Waals surface area contributed by atoms with E-state index in [4.69, 9.17) is 18.9 Å². The third kappa shape index (κ3) is 3.83. The van der Waals surface area contributed by atoms with Crippen molar-refractivity contribution in [3.05, 3.63) is 35.4 Å². The largest absolute Gasteiger partial charge is 0.353 e. The van der Waals surface area contributed by atoms with Gasteiger partial charge in [0.2, 0.25) is 0 Å². The van der Waals surface area contributed by atoms with Gasteiger partial charge in [-0.2, -0.15) is 0 Å². The van der Waals surface area contributed by atoms with Crippen molar-refractivity contribution in [2.75, 3.05) is 13.2 Å². The molecule has 2 saturated heterocycles. The van der Waals surface area contributed by atoms with Gasteiger partial charge in [0.1, 0.15) is 0 Å². The first-order chi connectivity index (χ1) is 11.9. The van der Waals surface area contributed by atoms with Gasteiger partial charge in [-0.3, -0.25) is 0 Å². The Kier molecular flexibility index (Phi) is 5.48. The Morgan fingerprint density at radius 1 is 0.667 bits per heavy atom. The second kappa shape index (κ2) is 7.96. The van der Waals surface area contributed by atoms with Crippen LogP contribution in [0.4, 0.5) is 0 Å². The monoisotopic (exact) mass is 332 g/mol. The van der Waals surface area contributed by atoms with Crippen LogP contribution in [0.15, 0.2) is 24.3 Å². The summed E-state index contributed by atoms with van der Waals surface area (Å²) in [5.41, 5.74) is 2.53. The molecule has 0 aromatic heterocycles. The summed E-state index contributed by atoms with van der Waals surface area (Å²) in [7, 11) is 0. The van der Waals surface area contributed by atoms with E-state index in [9.17, 15) is 0 Å². The molecule has 1 aliphatic carbocycles. The quantitative estimate of drug-likeness (QED) is 0.804. The van der Waals surface area contributed by atoms with Crippen LogP contribution in [-0.2, 0) is 18.9 Å². The smallest absolute Gasteiger partial charge is 0.158 e. The van der Waals surface area contributed by atoms with Gasteiger partial charge in [0, 0.05) is 13.2 Å². The van der Waals surface area contributed by atoms with E-state index in [-0.39, 0.29) is 24.8 Å². The molecule has 0 N–H and O–H groups in total. The van der Waals surface area contributed by atoms with E-state index in [2.05, 4.69) is 24.3 Å². The third-order valence-electron chi connectivity index (χ3n) is 5.29. The first kappa shape index (κ1) is 16.5. The second-order valence-corrected chi connectivity index (χ2v) is 7.05. The van der Waals surface area contributed by atoms with Crippen LogP contribution in [0.25, 0.3) is 0 Å². The topological polar surface area (TPSA) is 36.9 Å². The lowest BCUT2D eigenvalue weighted by Gasteiger charge is -2.36. The molecule has 24 heavy (non-hydrogen) atoms. The van der Waals surface area contributed by atoms with Gasteiger partial charge in [0.15, 0.2) is 12.6 Å². The molecule has 2 fully saturated rings. The molecule has 2 heterocycles. The minimum absolute atomic E-state index is 0.0454. The van der Waals surface area contributed by atoms with E-state index in [1.807, 2.05) is 0 Å². The third-order valence-corrected chi connectivity index (χ3v) is 5.29. The highest BCUT2D eigenvalue weighted by atomic mass is 16.7. The molecule has 0 saturated carbocycles. The van der Waals surface area contributed by atoms with Crippen LogP contribution in [0.2, 0.25) is 0 Å². The summed E-state index contributed by atoms with van der Waals surface area (Å²) in [4.78, 5) is 0. The van der Waals surface area contributed by atoms with Crippen molar-refractivity contribution in [3.63, 3.8) is 0 Å². The van der Waals surface area contributed by atoms with Gasteiger partial charge in [-0.05, 0) is 62.5 Å². The Labute approximate surface area is 144 Å². The lowest BCUT2D eigenvalue weighted by atomic mass is 9.87. The Morgan fingerprint density at radius 2 is 1.17 bits per heavy atom. The maximum atomic E-state index is 6.29. The van der Waals surface area contributed by atoms with Gasteiger partial charge in [0.25, 0.3) is 0 Å². The van der Waals surface area contributed by atoms with Crippen LogP contribution >= 0.6 is 0 Å². The van der Waals surface area contributed by atoms with E-state index < -0.39 is 0 Å². The molecule has 0 bridgehead atoms. The van der Waals surface area contributed by atoms with Gasteiger partial charge in [-0.15, -0.1) is 0 Å². The zero-order valence-corrected chi connectivity index (χ0v) is 14.3. The first-order valence-electron chi connectivity index (χ1n) is 9.53. The number of rotatable bonds is 4. The van der Waals surface area contributed by atoms with Crippen LogP contribution in [0.1, 0.15) is 74.7 Å². The lowest BCUT2D eigenvalue weighted by Crippen LogP contribution is -2.29. The summed E-state index contributed by atoms with van der Waals surface area (Å²) >= 11 is 0. The molecule has 4 rings (SSSR count). The van der Waals surface area contributed by atoms with E-state index in [0.29, 0.717) is 0 Å². The molecule has 2 aliphatic heterocycles. The zero-order valence-electron chi connectivity index (χ0n) is 14.3. The predicted octanol–water partition coefficient (Wildman–Crippen LogP) is 4.65. The van der Waals surface area contributed by atoms with Crippen molar-refractivity contribution in [1.29, 1.82) is 0 Å². The van der Waals surface area contributed by atoms with E-state index in [0.717, 1.165) is 51.7 Å². The normalized spacial score (nSPS) is 33.8. The Bertz CT molecular complexity index is 473. The van der Waals surface area contributed by atoms with Crippen molar-refractivity contribution in [2.45, 2.75) is 76.2 Å². The number of ether oxygens (including phenoxy) is 4. The highest BCUT2D eigenvalue weighted by molar-refractivity contribution is 5.33. The molecular formula is C20H28O4. The predicted molar refractivity (Wildman–Crippen MR) is 90.5 cm³/mol. The maximum Gasteiger partial charge on any atom is 0.158 e. The summed E-state index contributed by atoms with van der Waals surface area (Å²) in [6.07, 6.45) is 8.83. The van der Waals surface area contributed by atoms with Crippen LogP contribution in [-0.4, -0.2) is 25.8 Å². The summed E-state index contributed by atoms with van der Waals surface area (Å²) < 4.78 is 24.1. The van der Waals surface area contributed by atoms with Crippen LogP contribution in [0, 0.1) is 0 Å². The Balaban J connectivity index is 1.45. The van der Waals surface area contributed by atoms with Crippen LogP contribution in [0.3, 0.4) is 0 Å². The molecule has 4 atom stereocenters. The lowest BCUT2D eigenvalue weighted by molar-refractivity contribution is -0.210. The Morgan fingerprint density at radius 3 is 1.58 bits per heavy atom. The fourth-order valence-electron chi connectivity index (χ4n) is 4.00. The molecule has 4 heteroatoms. The first-order valence-corrected chi connectivity index (χ1v) is 9.53. The standard InChI is InChI=1S/C20H28O4/c1-2-8-16-15(7-1)17(23-19-9-3-5-13-21-19)11-12-18(16)24-20-10-4-6-14-22-20/h1-2,7-8,17-20H,3-6,9-14H2. The average Bonchev–Trinajstić information content (AvgIpc) is 2.65. The van der Waals surface area contributed by atoms with E-state index in [1.54, 1.807) is 0 Å². The van der Waals surface area contributed by atoms with E-state index >= 15 is 0 Å². The molecule has 0 radical (unpaired) electrons. The van der Waals surface area contributed by atoms with Gasteiger partial charge in [-0.1, -0.05) is 24.3 Å². The van der Waals surface area contributed by atoms with Crippen molar-refractivity contribution in [3.8, 4) is 0 Å². The maximum absolute atomic E-state index is 6.29. The minimum atomic E-state index is -0.0454. The molecule has 1 aromatic carbocycles. The Hall–Kier alpha value is -0.940. The van der Waals surface area contributed by atoms with E-state index in [1.165, 1.54) is 24.0 Å². The average molecular weight is 332 g/mol. The van der Waals surface area contributed by atoms with Gasteiger partial charge >= 0.3 is 0 Å². The van der Waals surface area contributed by atoms with Crippen LogP contribution in [0.5, 0.6) is 0 Å². The fourth-order valence-corrected chi connectivity index (χ4v) is 4.00. The van der Waals surface area contributed by atoms with Crippen molar-refractivity contribution in [2.24, 2.45) is 0 Å². The van der Waals surface area contributed by atoms with Gasteiger partial charge in [-0.25, -0.2) is 0 Å². The molecule has 4 unspecified atom stereocenters. The SMILES string of the molecule is c1ccc2c(c1)C(OC1CCCCO1)CCC2OC1CCCCO1. The number of fused-ring (bicyclic) bond motifs is 1. The van der Waals surface area contributed by atoms with Gasteiger partial charge in [0.05, 0.1) is 12.2 Å². The molecule has 0 amide bonds. The van der Waals surface area contributed by atoms with Crippen molar-refractivity contribution >= 4 is 0 Å². The molecule has 4 nitrogen and oxygen atoms in total. The molecule has 132 valence electrons. The fraction of sp³-hybridized carbons (Fsp3) is 0.700. The highest BCUT2D eigenvalue weighted by Gasteiger charge is 2.32. The summed E-state index contributed by atoms with van der Waals surface area (Å²) in [5, 5.41) is 0. The van der Waals surface area contributed by atoms with Crippen LogP contribution < -0.4 is 0 Å². The molecule has 0 spiro atoms. The summed E-state index contributed by atoms with van der Waals surface area (Å²) in [6, 6.07) is 8.55. The number of hydrogen-bond donors (Lipinski definition) is 0. The van der Waals surface area contributed by atoms with Crippen molar-refractivity contribution < 1.29 is 18.9 Å². The highest BCUT2D eigenvalue weighted by Crippen LogP contribution is 2.42. The van der Waals surface area contributed by atoms with Crippen molar-refractivity contribution in [1.82, 2.24) is 0 Å². The zero-order chi connectivity index (χ0) is 16.2. The molecule has 1 aromatic rings.